The summed E-state index contributed by atoms with van der Waals surface area (Å²) in [7, 11) is -1.00. The van der Waals surface area contributed by atoms with Crippen molar-refractivity contribution in [3.05, 3.63) is 52.9 Å². The predicted molar refractivity (Wildman–Crippen MR) is 104 cm³/mol. The summed E-state index contributed by atoms with van der Waals surface area (Å²) in [4.78, 5) is 0. The van der Waals surface area contributed by atoms with Gasteiger partial charge in [-0.05, 0) is 19.8 Å². The molecule has 1 spiro atoms. The third-order valence-corrected chi connectivity index (χ3v) is 11.6. The molecule has 1 aliphatic carbocycles. The highest BCUT2D eigenvalue weighted by molar-refractivity contribution is 7.97. The van der Waals surface area contributed by atoms with Crippen LogP contribution in [0.25, 0.3) is 5.31 Å². The molecule has 3 unspecified atom stereocenters. The van der Waals surface area contributed by atoms with Crippen molar-refractivity contribution < 1.29 is 0 Å². The average Bonchev–Trinajstić information content (AvgIpc) is 3.00. The van der Waals surface area contributed by atoms with E-state index < -0.39 is 7.26 Å². The monoisotopic (exact) mass is 325 g/mol. The molecule has 3 aliphatic rings. The van der Waals surface area contributed by atoms with Crippen LogP contribution in [-0.4, -0.2) is 12.3 Å². The van der Waals surface area contributed by atoms with E-state index in [0.29, 0.717) is 10.8 Å². The van der Waals surface area contributed by atoms with Crippen LogP contribution in [0.3, 0.4) is 0 Å². The van der Waals surface area contributed by atoms with Crippen molar-refractivity contribution in [3.8, 4) is 0 Å². The summed E-state index contributed by atoms with van der Waals surface area (Å²) in [6, 6.07) is 11.3. The van der Waals surface area contributed by atoms with E-state index in [4.69, 9.17) is 0 Å². The van der Waals surface area contributed by atoms with E-state index in [1.165, 1.54) is 30.7 Å². The van der Waals surface area contributed by atoms with Crippen LogP contribution in [0.2, 0.25) is 0 Å². The van der Waals surface area contributed by atoms with E-state index in [9.17, 15) is 0 Å². The number of hydrogen-bond donors (Lipinski definition) is 0. The minimum Gasteiger partial charge on any atom is -0.0851 e. The molecule has 3 atom stereocenters. The largest absolute Gasteiger partial charge is 0.145 e. The Balaban J connectivity index is 1.74. The van der Waals surface area contributed by atoms with E-state index in [-0.39, 0.29) is 0 Å². The maximum Gasteiger partial charge on any atom is 0.145 e. The molecule has 1 aromatic carbocycles. The summed E-state index contributed by atoms with van der Waals surface area (Å²) in [5.41, 5.74) is 4.05. The molecule has 0 bridgehead atoms. The van der Waals surface area contributed by atoms with Gasteiger partial charge in [-0.2, -0.15) is 0 Å². The molecule has 2 aliphatic heterocycles. The van der Waals surface area contributed by atoms with Crippen LogP contribution in [0.4, 0.5) is 0 Å². The SMILES string of the molecule is CC1=CCC2C[P+]3(CC2(C)C1)C(c1ccccc1)=C3C(C)(C)C. The lowest BCUT2D eigenvalue weighted by atomic mass is 9.70. The Morgan fingerprint density at radius 1 is 1.13 bits per heavy atom. The first-order valence-corrected chi connectivity index (χ1v) is 11.3. The normalized spacial score (nSPS) is 36.2. The van der Waals surface area contributed by atoms with Crippen LogP contribution in [-0.2, 0) is 0 Å². The van der Waals surface area contributed by atoms with Gasteiger partial charge in [-0.15, -0.1) is 0 Å². The number of rotatable bonds is 1. The average molecular weight is 325 g/mol. The third-order valence-electron chi connectivity index (χ3n) is 6.37. The predicted octanol–water partition coefficient (Wildman–Crippen LogP) is 6.81. The van der Waals surface area contributed by atoms with Crippen molar-refractivity contribution in [1.29, 1.82) is 0 Å². The van der Waals surface area contributed by atoms with Gasteiger partial charge in [0.1, 0.15) is 10.6 Å². The molecular weight excluding hydrogens is 295 g/mol. The van der Waals surface area contributed by atoms with Gasteiger partial charge in [0.25, 0.3) is 0 Å². The second-order valence-corrected chi connectivity index (χ2v) is 12.9. The van der Waals surface area contributed by atoms with Gasteiger partial charge in [0.05, 0.1) is 19.6 Å². The van der Waals surface area contributed by atoms with Crippen molar-refractivity contribution in [3.63, 3.8) is 0 Å². The van der Waals surface area contributed by atoms with E-state index in [1.807, 2.05) is 5.31 Å². The zero-order valence-electron chi connectivity index (χ0n) is 15.3. The topological polar surface area (TPSA) is 0 Å². The highest BCUT2D eigenvalue weighted by atomic mass is 31.2. The Bertz CT molecular complexity index is 703. The lowest BCUT2D eigenvalue weighted by Crippen LogP contribution is -2.28. The fraction of sp³-hybridized carbons (Fsp3) is 0.545. The van der Waals surface area contributed by atoms with E-state index in [2.05, 4.69) is 71.0 Å². The lowest BCUT2D eigenvalue weighted by Gasteiger charge is -2.32. The van der Waals surface area contributed by atoms with E-state index in [1.54, 1.807) is 10.9 Å². The number of fused-ring (bicyclic) bond motifs is 1. The van der Waals surface area contributed by atoms with Crippen LogP contribution >= 0.6 is 7.26 Å². The Morgan fingerprint density at radius 2 is 1.83 bits per heavy atom. The van der Waals surface area contributed by atoms with E-state index in [0.717, 1.165) is 5.92 Å². The van der Waals surface area contributed by atoms with Gasteiger partial charge in [-0.1, -0.05) is 69.7 Å². The quantitative estimate of drug-likeness (QED) is 0.393. The first-order chi connectivity index (χ1) is 10.8. The maximum absolute atomic E-state index is 2.59. The molecule has 1 saturated heterocycles. The Morgan fingerprint density at radius 3 is 2.48 bits per heavy atom. The molecule has 0 N–H and O–H groups in total. The first-order valence-electron chi connectivity index (χ1n) is 9.10. The van der Waals surface area contributed by atoms with Gasteiger partial charge in [0, 0.05) is 22.3 Å². The summed E-state index contributed by atoms with van der Waals surface area (Å²) in [5, 5.41) is 3.67. The summed E-state index contributed by atoms with van der Waals surface area (Å²) >= 11 is 0. The van der Waals surface area contributed by atoms with Crippen molar-refractivity contribution in [1.82, 2.24) is 0 Å². The summed E-state index contributed by atoms with van der Waals surface area (Å²) in [6.07, 6.45) is 8.15. The minimum absolute atomic E-state index is 0.339. The summed E-state index contributed by atoms with van der Waals surface area (Å²) < 4.78 is 0. The van der Waals surface area contributed by atoms with E-state index >= 15 is 0 Å². The number of allylic oxidation sites excluding steroid dienone is 3. The van der Waals surface area contributed by atoms with Crippen LogP contribution in [0.15, 0.2) is 47.3 Å². The van der Waals surface area contributed by atoms with Gasteiger partial charge in [0.2, 0.25) is 0 Å². The van der Waals surface area contributed by atoms with Crippen molar-refractivity contribution >= 4 is 12.6 Å². The second kappa shape index (κ2) is 4.82. The molecule has 0 saturated carbocycles. The molecular formula is C22H30P+. The minimum atomic E-state index is -1.00. The highest BCUT2D eigenvalue weighted by Crippen LogP contribution is 2.97. The standard InChI is InChI=1S/C22H30P/c1-16-11-12-18-14-23(15-22(18,5)13-16)19(20(23)21(2,3)4)17-9-7-6-8-10-17/h6-11,18H,12-15H2,1-5H3/q+1. The molecule has 23 heavy (non-hydrogen) atoms. The molecule has 122 valence electrons. The Kier molecular flexibility index (Phi) is 3.28. The van der Waals surface area contributed by atoms with Crippen molar-refractivity contribution in [2.24, 2.45) is 16.7 Å². The first kappa shape index (κ1) is 15.6. The molecule has 1 heteroatoms. The maximum atomic E-state index is 2.59. The molecule has 0 radical (unpaired) electrons. The lowest BCUT2D eigenvalue weighted by molar-refractivity contribution is 0.243. The fourth-order valence-electron chi connectivity index (χ4n) is 5.65. The molecule has 0 nitrogen and oxygen atoms in total. The highest BCUT2D eigenvalue weighted by Gasteiger charge is 2.74. The molecule has 2 heterocycles. The molecule has 0 aromatic heterocycles. The smallest absolute Gasteiger partial charge is 0.0851 e. The number of benzene rings is 1. The van der Waals surface area contributed by atoms with Crippen LogP contribution < -0.4 is 0 Å². The molecule has 0 amide bonds. The zero-order valence-corrected chi connectivity index (χ0v) is 16.2. The molecule has 4 rings (SSSR count). The Labute approximate surface area is 142 Å². The summed E-state index contributed by atoms with van der Waals surface area (Å²) in [5.74, 6) is 0.915. The van der Waals surface area contributed by atoms with Gasteiger partial charge >= 0.3 is 0 Å². The Hall–Kier alpha value is -0.870. The van der Waals surface area contributed by atoms with Gasteiger partial charge < -0.3 is 0 Å². The zero-order chi connectivity index (χ0) is 16.5. The fourth-order valence-corrected chi connectivity index (χ4v) is 12.8. The van der Waals surface area contributed by atoms with Crippen molar-refractivity contribution in [2.75, 3.05) is 12.3 Å². The van der Waals surface area contributed by atoms with Gasteiger partial charge in [0.15, 0.2) is 0 Å². The van der Waals surface area contributed by atoms with Crippen LogP contribution in [0, 0.1) is 16.7 Å². The van der Waals surface area contributed by atoms with Crippen LogP contribution in [0.1, 0.15) is 53.0 Å². The molecule has 1 fully saturated rings. The van der Waals surface area contributed by atoms with Crippen molar-refractivity contribution in [2.45, 2.75) is 47.5 Å². The second-order valence-electron chi connectivity index (χ2n) is 9.44. The van der Waals surface area contributed by atoms with Crippen LogP contribution in [0.5, 0.6) is 0 Å². The third kappa shape index (κ3) is 2.29. The van der Waals surface area contributed by atoms with Gasteiger partial charge in [-0.3, -0.25) is 0 Å². The summed E-state index contributed by atoms with van der Waals surface area (Å²) in [6.45, 7) is 12.2. The molecule has 1 aromatic rings. The number of hydrogen-bond acceptors (Lipinski definition) is 0. The van der Waals surface area contributed by atoms with Gasteiger partial charge in [-0.25, -0.2) is 0 Å².